The van der Waals surface area contributed by atoms with E-state index in [4.69, 9.17) is 18.0 Å². The number of nitrogens with one attached hydrogen (secondary N) is 2. The number of halogens is 3. The van der Waals surface area contributed by atoms with Gasteiger partial charge in [0, 0.05) is 39.3 Å². The molecule has 4 aromatic rings. The molecule has 0 spiro atoms. The zero-order valence-corrected chi connectivity index (χ0v) is 24.5. The number of nitro groups is 1. The molecule has 0 aliphatic rings. The molecule has 0 bridgehead atoms. The highest BCUT2D eigenvalue weighted by atomic mass is 79.9. The first-order chi connectivity index (χ1) is 19.0. The lowest BCUT2D eigenvalue weighted by molar-refractivity contribution is -0.384. The van der Waals surface area contributed by atoms with Crippen LogP contribution >= 0.6 is 27.5 Å². The molecule has 9 nitrogen and oxygen atoms in total. The molecule has 0 aliphatic heterocycles. The highest BCUT2D eigenvalue weighted by Gasteiger charge is 2.27. The van der Waals surface area contributed by atoms with Gasteiger partial charge in [-0.3, -0.25) is 10.1 Å². The molecule has 4 rings (SSSR count). The average molecular weight is 668 g/mol. The molecule has 0 saturated heterocycles. The van der Waals surface area contributed by atoms with Crippen molar-refractivity contribution in [3.8, 4) is 12.3 Å². The number of sulfonamides is 1. The normalized spacial score (nSPS) is 12.5. The van der Waals surface area contributed by atoms with Gasteiger partial charge < -0.3 is 4.98 Å². The first-order valence-corrected chi connectivity index (χ1v) is 15.3. The summed E-state index contributed by atoms with van der Waals surface area (Å²) in [6.45, 7) is -0.322. The lowest BCUT2D eigenvalue weighted by atomic mass is 10.1. The number of hydrogen-bond donors (Lipinski definition) is 2. The van der Waals surface area contributed by atoms with Crippen LogP contribution in [0.4, 0.5) is 10.1 Å². The Morgan fingerprint density at radius 3 is 2.48 bits per heavy atom. The van der Waals surface area contributed by atoms with E-state index in [0.717, 1.165) is 28.6 Å². The molecular formula is C26H21BrClFN4O5S2. The summed E-state index contributed by atoms with van der Waals surface area (Å²) in [6.07, 6.45) is 5.75. The smallest absolute Gasteiger partial charge is 0.269 e. The van der Waals surface area contributed by atoms with Crippen LogP contribution in [0.2, 0.25) is 5.02 Å². The number of nitro benzene ring substituents is 1. The second-order valence-electron chi connectivity index (χ2n) is 8.49. The number of H-pyrrole nitrogens is 1. The van der Waals surface area contributed by atoms with Crippen LogP contribution in [-0.2, 0) is 34.0 Å². The number of fused-ring (bicyclic) bond motifs is 1. The third-order valence-electron chi connectivity index (χ3n) is 5.94. The van der Waals surface area contributed by atoms with Crippen molar-refractivity contribution in [2.75, 3.05) is 13.1 Å². The Morgan fingerprint density at radius 2 is 1.85 bits per heavy atom. The van der Waals surface area contributed by atoms with Gasteiger partial charge >= 0.3 is 0 Å². The van der Waals surface area contributed by atoms with Gasteiger partial charge in [-0.2, -0.15) is 4.31 Å². The lowest BCUT2D eigenvalue weighted by Gasteiger charge is -2.20. The monoisotopic (exact) mass is 666 g/mol. The van der Waals surface area contributed by atoms with Gasteiger partial charge in [-0.15, -0.1) is 6.42 Å². The maximum Gasteiger partial charge on any atom is 0.269 e. The molecule has 40 heavy (non-hydrogen) atoms. The third-order valence-corrected chi connectivity index (χ3v) is 9.63. The van der Waals surface area contributed by atoms with Crippen LogP contribution in [0.3, 0.4) is 0 Å². The first-order valence-electron chi connectivity index (χ1n) is 11.6. The highest BCUT2D eigenvalue weighted by molar-refractivity contribution is 9.10. The summed E-state index contributed by atoms with van der Waals surface area (Å²) in [4.78, 5) is 13.7. The molecule has 2 N–H and O–H groups in total. The second kappa shape index (κ2) is 12.6. The van der Waals surface area contributed by atoms with E-state index < -0.39 is 31.7 Å². The summed E-state index contributed by atoms with van der Waals surface area (Å²) >= 11 is 9.20. The van der Waals surface area contributed by atoms with E-state index in [2.05, 4.69) is 31.6 Å². The van der Waals surface area contributed by atoms with Gasteiger partial charge in [-0.25, -0.2) is 21.7 Å². The molecule has 0 radical (unpaired) electrons. The van der Waals surface area contributed by atoms with Crippen LogP contribution in [0.15, 0.2) is 74.9 Å². The maximum absolute atomic E-state index is 14.9. The molecule has 1 atom stereocenters. The van der Waals surface area contributed by atoms with Gasteiger partial charge in [-0.1, -0.05) is 33.5 Å². The van der Waals surface area contributed by atoms with Crippen molar-refractivity contribution in [1.29, 1.82) is 0 Å². The van der Waals surface area contributed by atoms with E-state index in [0.29, 0.717) is 31.0 Å². The number of nitrogens with zero attached hydrogens (tertiary/aromatic N) is 2. The summed E-state index contributed by atoms with van der Waals surface area (Å²) in [5.41, 5.74) is 0.925. The highest BCUT2D eigenvalue weighted by Crippen LogP contribution is 2.31. The Bertz CT molecular complexity index is 1740. The van der Waals surface area contributed by atoms with Crippen LogP contribution in [-0.4, -0.2) is 39.9 Å². The van der Waals surface area contributed by atoms with E-state index in [-0.39, 0.29) is 42.2 Å². The van der Waals surface area contributed by atoms with Crippen molar-refractivity contribution < 1.29 is 21.9 Å². The summed E-state index contributed by atoms with van der Waals surface area (Å²) in [5.74, 6) is 1.78. The molecule has 0 aliphatic carbocycles. The van der Waals surface area contributed by atoms with Gasteiger partial charge in [0.2, 0.25) is 10.0 Å². The maximum atomic E-state index is 14.9. The largest absolute Gasteiger partial charge is 0.355 e. The van der Waals surface area contributed by atoms with E-state index in [1.807, 2.05) is 0 Å². The standard InChI is InChI=1S/C26H21BrClFN4O5S2/c1-2-13-32(40(37,38)21-9-5-19(6-10-21)33(34)35)16-25-22(23-14-17(27)15-24(29)26(23)31-25)11-12-30-39(36)20-7-3-18(28)4-8-20/h1,3-10,14-15,30-31H,11-13,16H2. The number of benzene rings is 3. The van der Waals surface area contributed by atoms with Crippen LogP contribution in [0, 0.1) is 28.3 Å². The fourth-order valence-electron chi connectivity index (χ4n) is 4.05. The molecule has 0 amide bonds. The zero-order chi connectivity index (χ0) is 29.0. The number of non-ortho nitro benzene ring substituents is 1. The fraction of sp³-hybridized carbons (Fsp3) is 0.154. The van der Waals surface area contributed by atoms with Gasteiger partial charge in [0.25, 0.3) is 5.69 Å². The van der Waals surface area contributed by atoms with Crippen molar-refractivity contribution in [3.63, 3.8) is 0 Å². The number of rotatable bonds is 11. The van der Waals surface area contributed by atoms with Crippen molar-refractivity contribution in [2.24, 2.45) is 0 Å². The fourth-order valence-corrected chi connectivity index (χ4v) is 6.77. The number of aromatic amines is 1. The van der Waals surface area contributed by atoms with E-state index in [1.165, 1.54) is 6.07 Å². The minimum atomic E-state index is -4.18. The van der Waals surface area contributed by atoms with Crippen LogP contribution in [0.1, 0.15) is 11.3 Å². The van der Waals surface area contributed by atoms with Crippen molar-refractivity contribution in [2.45, 2.75) is 22.8 Å². The average Bonchev–Trinajstić information content (AvgIpc) is 3.26. The van der Waals surface area contributed by atoms with E-state index >= 15 is 0 Å². The van der Waals surface area contributed by atoms with Gasteiger partial charge in [0.1, 0.15) is 16.8 Å². The molecule has 1 unspecified atom stereocenters. The Kier molecular flexibility index (Phi) is 9.40. The molecule has 1 aromatic heterocycles. The Morgan fingerprint density at radius 1 is 1.18 bits per heavy atom. The topological polar surface area (TPSA) is 125 Å². The lowest BCUT2D eigenvalue weighted by Crippen LogP contribution is -2.31. The predicted octanol–water partition coefficient (Wildman–Crippen LogP) is 5.31. The Balaban J connectivity index is 1.65. The number of aromatic nitrogens is 1. The number of hydrogen-bond acceptors (Lipinski definition) is 5. The van der Waals surface area contributed by atoms with Gasteiger partial charge in [-0.05, 0) is 60.5 Å². The molecule has 3 aromatic carbocycles. The quantitative estimate of drug-likeness (QED) is 0.127. The molecule has 208 valence electrons. The Hall–Kier alpha value is -3.12. The van der Waals surface area contributed by atoms with Crippen LogP contribution in [0.25, 0.3) is 10.9 Å². The molecule has 1 heterocycles. The SMILES string of the molecule is C#CCN(Cc1[nH]c2c(F)cc(Br)cc2c1CCNS(=O)c1ccc(Cl)cc1)S(=O)(=O)c1ccc([N+](=O)[O-])cc1. The third kappa shape index (κ3) is 6.60. The van der Waals surface area contributed by atoms with E-state index in [1.54, 1.807) is 30.3 Å². The molecule has 0 fully saturated rings. The van der Waals surface area contributed by atoms with Gasteiger partial charge in [0.15, 0.2) is 0 Å². The zero-order valence-electron chi connectivity index (χ0n) is 20.6. The van der Waals surface area contributed by atoms with Gasteiger partial charge in [0.05, 0.1) is 33.3 Å². The summed E-state index contributed by atoms with van der Waals surface area (Å²) in [6, 6.07) is 14.0. The minimum Gasteiger partial charge on any atom is -0.355 e. The summed E-state index contributed by atoms with van der Waals surface area (Å²) in [5, 5.41) is 12.0. The van der Waals surface area contributed by atoms with E-state index in [9.17, 15) is 27.1 Å². The van der Waals surface area contributed by atoms with Crippen molar-refractivity contribution in [3.05, 3.63) is 97.3 Å². The molecule has 0 saturated carbocycles. The second-order valence-corrected chi connectivity index (χ2v) is 13.1. The minimum absolute atomic E-state index is 0.181. The predicted molar refractivity (Wildman–Crippen MR) is 155 cm³/mol. The first kappa shape index (κ1) is 29.9. The van der Waals surface area contributed by atoms with Crippen molar-refractivity contribution >= 4 is 65.1 Å². The van der Waals surface area contributed by atoms with Crippen LogP contribution in [0.5, 0.6) is 0 Å². The van der Waals surface area contributed by atoms with Crippen LogP contribution < -0.4 is 4.72 Å². The number of terminal acetylenes is 1. The molecule has 14 heteroatoms. The molecular weight excluding hydrogens is 647 g/mol. The van der Waals surface area contributed by atoms with Crippen molar-refractivity contribution in [1.82, 2.24) is 14.0 Å². The summed E-state index contributed by atoms with van der Waals surface area (Å²) < 4.78 is 58.9. The Labute approximate surface area is 245 Å². The summed E-state index contributed by atoms with van der Waals surface area (Å²) in [7, 11) is -5.72.